The zero-order valence-corrected chi connectivity index (χ0v) is 30.0. The molecule has 2 radical (unpaired) electrons. The molecule has 6 nitrogen and oxygen atoms in total. The molecule has 2 N–H and O–H groups in total. The largest absolute Gasteiger partial charge is 0.507 e. The van der Waals surface area contributed by atoms with E-state index in [1.165, 1.54) is 0 Å². The van der Waals surface area contributed by atoms with Gasteiger partial charge in [0.2, 0.25) is 0 Å². The standard InChI is InChI=1S/C40H36N4O2.2Mn/c1-39(2,3)27-17-25-21-41-33-9-7-8-10-34(33)42-22-26-18-28(40(4,5)6)20-30(38(26)46)32-16-14-24-12-11-23-13-15-31(29(19-27)37(25)45)43-35(23)36(24)44-32;;/h7-22,45-46H,1-6H3;;. The Balaban J connectivity index is 0.00000225. The normalized spacial score (nSPS) is 11.8. The number of rotatable bonds is 0. The minimum Gasteiger partial charge on any atom is -0.507 e. The molecule has 8 heteroatoms. The van der Waals surface area contributed by atoms with Gasteiger partial charge >= 0.3 is 0 Å². The number of fused-ring (bicyclic) bond motifs is 9. The summed E-state index contributed by atoms with van der Waals surface area (Å²) in [5.41, 5.74) is 5.69. The van der Waals surface area contributed by atoms with E-state index in [-0.39, 0.29) is 56.5 Å². The minimum absolute atomic E-state index is 0. The number of pyridine rings is 2. The van der Waals surface area contributed by atoms with E-state index in [1.54, 1.807) is 12.4 Å². The van der Waals surface area contributed by atoms with Crippen molar-refractivity contribution in [3.8, 4) is 11.5 Å². The fourth-order valence-electron chi connectivity index (χ4n) is 5.80. The van der Waals surface area contributed by atoms with Crippen LogP contribution in [-0.2, 0) is 45.0 Å². The Kier molecular flexibility index (Phi) is 9.44. The number of hydrogen-bond acceptors (Lipinski definition) is 6. The Morgan fingerprint density at radius 1 is 0.458 bits per heavy atom. The number of hydrogen-bond donors (Lipinski definition) is 2. The molecule has 0 aliphatic rings. The number of para-hydroxylation sites is 2. The maximum absolute atomic E-state index is 11.7. The van der Waals surface area contributed by atoms with E-state index in [1.807, 2.05) is 84.9 Å². The predicted molar refractivity (Wildman–Crippen MR) is 190 cm³/mol. The van der Waals surface area contributed by atoms with E-state index in [2.05, 4.69) is 41.5 Å². The summed E-state index contributed by atoms with van der Waals surface area (Å²) in [6.45, 7) is 12.9. The minimum atomic E-state index is -0.190. The summed E-state index contributed by atoms with van der Waals surface area (Å²) in [4.78, 5) is 19.9. The summed E-state index contributed by atoms with van der Waals surface area (Å²) in [5.74, 6) is 0.211. The van der Waals surface area contributed by atoms with Crippen molar-refractivity contribution in [3.05, 3.63) is 108 Å². The van der Waals surface area contributed by atoms with E-state index in [4.69, 9.17) is 19.9 Å². The summed E-state index contributed by atoms with van der Waals surface area (Å²) < 4.78 is 0. The molecule has 0 atom stereocenters. The number of nitrogens with zero attached hydrogens (tertiary/aromatic N) is 4. The topological polar surface area (TPSA) is 92.0 Å². The van der Waals surface area contributed by atoms with Gasteiger partial charge in [0.05, 0.1) is 33.1 Å². The van der Waals surface area contributed by atoms with Crippen LogP contribution in [0.3, 0.4) is 0 Å². The summed E-state index contributed by atoms with van der Waals surface area (Å²) in [7, 11) is 0. The zero-order valence-electron chi connectivity index (χ0n) is 27.7. The SMILES string of the molecule is CC(C)(C)c1cc2cnc3ccccc3ncc3cc(C(C)(C)C)cc(c3O)c3ccc4ccc5ccc(nc5c4n3)c(c1)c2O.[Mn].[Mn]. The molecule has 7 rings (SSSR count). The van der Waals surface area contributed by atoms with Gasteiger partial charge in [0, 0.05) is 78.8 Å². The predicted octanol–water partition coefficient (Wildman–Crippen LogP) is 9.87. The molecule has 4 aromatic carbocycles. The van der Waals surface area contributed by atoms with Crippen molar-refractivity contribution in [2.45, 2.75) is 52.4 Å². The molecular formula is C40H36Mn2N4O2. The van der Waals surface area contributed by atoms with Crippen molar-refractivity contribution >= 4 is 65.4 Å². The van der Waals surface area contributed by atoms with Gasteiger partial charge in [-0.15, -0.1) is 0 Å². The fourth-order valence-corrected chi connectivity index (χ4v) is 5.80. The molecular weight excluding hydrogens is 678 g/mol. The number of aromatic hydroxyl groups is 2. The molecule has 242 valence electrons. The van der Waals surface area contributed by atoms with Crippen molar-refractivity contribution < 1.29 is 44.4 Å². The van der Waals surface area contributed by atoms with Crippen molar-refractivity contribution in [1.29, 1.82) is 0 Å². The molecule has 48 heavy (non-hydrogen) atoms. The van der Waals surface area contributed by atoms with Crippen LogP contribution in [-0.4, -0.2) is 30.1 Å². The maximum atomic E-state index is 11.7. The molecule has 0 amide bonds. The Morgan fingerprint density at radius 3 is 1.21 bits per heavy atom. The average Bonchev–Trinajstić information content (AvgIpc) is 3.02. The van der Waals surface area contributed by atoms with Gasteiger partial charge in [-0.3, -0.25) is 9.97 Å². The van der Waals surface area contributed by atoms with E-state index < -0.39 is 0 Å². The quantitative estimate of drug-likeness (QED) is 0.120. The Labute approximate surface area is 300 Å². The first-order chi connectivity index (χ1) is 21.9. The maximum Gasteiger partial charge on any atom is 0.133 e. The molecule has 0 saturated heterocycles. The van der Waals surface area contributed by atoms with Gasteiger partial charge in [-0.25, -0.2) is 9.97 Å². The first-order valence-corrected chi connectivity index (χ1v) is 15.5. The molecule has 0 aliphatic carbocycles. The van der Waals surface area contributed by atoms with E-state index in [9.17, 15) is 10.2 Å². The summed E-state index contributed by atoms with van der Waals surface area (Å²) in [6, 6.07) is 27.6. The van der Waals surface area contributed by atoms with Crippen LogP contribution in [0.5, 0.6) is 11.5 Å². The van der Waals surface area contributed by atoms with Gasteiger partial charge in [0.25, 0.3) is 0 Å². The molecule has 0 aliphatic heterocycles. The summed E-state index contributed by atoms with van der Waals surface area (Å²) >= 11 is 0. The van der Waals surface area contributed by atoms with Crippen molar-refractivity contribution in [3.63, 3.8) is 0 Å². The van der Waals surface area contributed by atoms with Gasteiger partial charge in [-0.1, -0.05) is 77.9 Å². The number of phenols is 2. The van der Waals surface area contributed by atoms with Crippen LogP contribution in [0.2, 0.25) is 0 Å². The third-order valence-electron chi connectivity index (χ3n) is 8.65. The van der Waals surface area contributed by atoms with Crippen LogP contribution in [0.1, 0.15) is 52.7 Å². The fraction of sp³-hybridized carbons (Fsp3) is 0.200. The summed E-state index contributed by atoms with van der Waals surface area (Å²) in [5, 5.41) is 27.6. The molecule has 0 unspecified atom stereocenters. The Morgan fingerprint density at radius 2 is 0.833 bits per heavy atom. The second-order valence-corrected chi connectivity index (χ2v) is 14.0. The van der Waals surface area contributed by atoms with Gasteiger partial charge in [0.15, 0.2) is 0 Å². The third kappa shape index (κ3) is 6.42. The number of phenolic OH excluding ortho intramolecular Hbond substituents is 2. The summed E-state index contributed by atoms with van der Waals surface area (Å²) in [6.07, 6.45) is 3.37. The van der Waals surface area contributed by atoms with Crippen molar-refractivity contribution in [2.24, 2.45) is 0 Å². The molecule has 0 saturated carbocycles. The smallest absolute Gasteiger partial charge is 0.133 e. The number of benzene rings is 4. The van der Waals surface area contributed by atoms with E-state index in [0.29, 0.717) is 43.6 Å². The van der Waals surface area contributed by atoms with Gasteiger partial charge in [-0.05, 0) is 70.5 Å². The van der Waals surface area contributed by atoms with Crippen LogP contribution >= 0.6 is 0 Å². The number of aromatic nitrogens is 4. The van der Waals surface area contributed by atoms with E-state index >= 15 is 0 Å². The van der Waals surface area contributed by atoms with Crippen molar-refractivity contribution in [2.75, 3.05) is 0 Å². The van der Waals surface area contributed by atoms with Crippen molar-refractivity contribution in [1.82, 2.24) is 19.9 Å². The van der Waals surface area contributed by atoms with E-state index in [0.717, 1.165) is 32.9 Å². The van der Waals surface area contributed by atoms with Gasteiger partial charge in [0.1, 0.15) is 11.5 Å². The van der Waals surface area contributed by atoms with Crippen LogP contribution in [0.4, 0.5) is 0 Å². The molecule has 7 aromatic rings. The third-order valence-corrected chi connectivity index (χ3v) is 8.65. The molecule has 3 aromatic heterocycles. The molecule has 3 heterocycles. The monoisotopic (exact) mass is 714 g/mol. The Hall–Kier alpha value is -4.32. The molecule has 0 fully saturated rings. The second-order valence-electron chi connectivity index (χ2n) is 14.0. The Bertz CT molecular complexity index is 2310. The molecule has 8 bridgehead atoms. The van der Waals surface area contributed by atoms with Crippen LogP contribution in [0.25, 0.3) is 65.4 Å². The zero-order chi connectivity index (χ0) is 32.4. The average molecular weight is 715 g/mol. The van der Waals surface area contributed by atoms with Crippen LogP contribution in [0.15, 0.2) is 97.3 Å². The first kappa shape index (κ1) is 35.0. The molecule has 0 spiro atoms. The second kappa shape index (κ2) is 12.9. The van der Waals surface area contributed by atoms with Crippen LogP contribution < -0.4 is 0 Å². The van der Waals surface area contributed by atoms with Gasteiger partial charge < -0.3 is 10.2 Å². The first-order valence-electron chi connectivity index (χ1n) is 15.5. The van der Waals surface area contributed by atoms with Gasteiger partial charge in [-0.2, -0.15) is 0 Å². The van der Waals surface area contributed by atoms with Crippen LogP contribution in [0, 0.1) is 0 Å².